The van der Waals surface area contributed by atoms with Crippen LogP contribution >= 0.6 is 0 Å². The number of anilines is 1. The van der Waals surface area contributed by atoms with Gasteiger partial charge in [0.15, 0.2) is 5.82 Å². The number of nitrogens with two attached hydrogens (primary N) is 1. The van der Waals surface area contributed by atoms with Crippen molar-refractivity contribution >= 4 is 12.0 Å². The fourth-order valence-electron chi connectivity index (χ4n) is 0.611. The third-order valence-electron chi connectivity index (χ3n) is 1.09. The summed E-state index contributed by atoms with van der Waals surface area (Å²) in [6.07, 6.45) is 2.66. The van der Waals surface area contributed by atoms with Crippen molar-refractivity contribution in [2.75, 3.05) is 5.73 Å². The van der Waals surface area contributed by atoms with Gasteiger partial charge in [0, 0.05) is 6.21 Å². The number of nitrogens with zero attached hydrogens (tertiary/aromatic N) is 2. The Balaban J connectivity index is 3.21. The zero-order valence-electron chi connectivity index (χ0n) is 5.63. The zero-order chi connectivity index (χ0) is 7.56. The first-order chi connectivity index (χ1) is 4.74. The molecule has 0 atom stereocenters. The minimum atomic E-state index is 0.306. The van der Waals surface area contributed by atoms with Crippen LogP contribution in [0.3, 0.4) is 0 Å². The van der Waals surface area contributed by atoms with Gasteiger partial charge in [0.05, 0.1) is 11.9 Å². The molecule has 0 radical (unpaired) electrons. The summed E-state index contributed by atoms with van der Waals surface area (Å²) < 4.78 is 0. The molecule has 0 saturated carbocycles. The van der Waals surface area contributed by atoms with Crippen LogP contribution in [0.2, 0.25) is 0 Å². The van der Waals surface area contributed by atoms with Crippen molar-refractivity contribution in [1.29, 1.82) is 5.41 Å². The number of hydrogen-bond acceptors (Lipinski definition) is 4. The second-order valence-corrected chi connectivity index (χ2v) is 1.93. The molecule has 0 aliphatic rings. The van der Waals surface area contributed by atoms with E-state index < -0.39 is 0 Å². The van der Waals surface area contributed by atoms with Crippen molar-refractivity contribution in [3.05, 3.63) is 17.6 Å². The van der Waals surface area contributed by atoms with Crippen LogP contribution in [-0.4, -0.2) is 16.2 Å². The van der Waals surface area contributed by atoms with E-state index in [0.29, 0.717) is 11.5 Å². The van der Waals surface area contributed by atoms with Crippen LogP contribution in [0.25, 0.3) is 0 Å². The zero-order valence-corrected chi connectivity index (χ0v) is 5.63. The van der Waals surface area contributed by atoms with Gasteiger partial charge >= 0.3 is 0 Å². The SMILES string of the molecule is Cc1cnc(N)c(C=N)n1. The van der Waals surface area contributed by atoms with Gasteiger partial charge in [-0.25, -0.2) is 9.97 Å². The van der Waals surface area contributed by atoms with E-state index in [1.807, 2.05) is 0 Å². The molecule has 0 saturated heterocycles. The third kappa shape index (κ3) is 1.10. The molecule has 1 aromatic heterocycles. The molecule has 1 rings (SSSR count). The second-order valence-electron chi connectivity index (χ2n) is 1.93. The van der Waals surface area contributed by atoms with E-state index in [2.05, 4.69) is 9.97 Å². The van der Waals surface area contributed by atoms with Crippen molar-refractivity contribution in [2.24, 2.45) is 0 Å². The maximum absolute atomic E-state index is 6.87. The van der Waals surface area contributed by atoms with E-state index in [4.69, 9.17) is 11.1 Å². The van der Waals surface area contributed by atoms with Crippen molar-refractivity contribution in [1.82, 2.24) is 9.97 Å². The lowest BCUT2D eigenvalue weighted by Gasteiger charge is -1.96. The predicted octanol–water partition coefficient (Wildman–Crippen LogP) is 0.365. The minimum Gasteiger partial charge on any atom is -0.382 e. The van der Waals surface area contributed by atoms with Crippen molar-refractivity contribution < 1.29 is 0 Å². The Morgan fingerprint density at radius 3 is 2.90 bits per heavy atom. The maximum atomic E-state index is 6.87. The Hall–Kier alpha value is -1.45. The van der Waals surface area contributed by atoms with Crippen molar-refractivity contribution in [2.45, 2.75) is 6.92 Å². The highest BCUT2D eigenvalue weighted by Gasteiger charge is 1.96. The van der Waals surface area contributed by atoms with Crippen molar-refractivity contribution in [3.63, 3.8) is 0 Å². The summed E-state index contributed by atoms with van der Waals surface area (Å²) in [5, 5.41) is 6.87. The molecule has 0 aliphatic carbocycles. The monoisotopic (exact) mass is 136 g/mol. The fourth-order valence-corrected chi connectivity index (χ4v) is 0.611. The summed E-state index contributed by atoms with van der Waals surface area (Å²) in [5.41, 5.74) is 6.58. The average molecular weight is 136 g/mol. The van der Waals surface area contributed by atoms with E-state index in [-0.39, 0.29) is 0 Å². The number of hydrogen-bond donors (Lipinski definition) is 2. The molecule has 0 unspecified atom stereocenters. The quantitative estimate of drug-likeness (QED) is 0.547. The first kappa shape index (κ1) is 6.67. The van der Waals surface area contributed by atoms with E-state index in [9.17, 15) is 0 Å². The van der Waals surface area contributed by atoms with E-state index >= 15 is 0 Å². The number of nitrogens with one attached hydrogen (secondary N) is 1. The maximum Gasteiger partial charge on any atom is 0.150 e. The Labute approximate surface area is 58.6 Å². The van der Waals surface area contributed by atoms with Crippen LogP contribution in [0, 0.1) is 12.3 Å². The van der Waals surface area contributed by atoms with Gasteiger partial charge in [-0.05, 0) is 6.92 Å². The lowest BCUT2D eigenvalue weighted by atomic mass is 10.4. The molecule has 1 heterocycles. The van der Waals surface area contributed by atoms with E-state index in [1.54, 1.807) is 13.1 Å². The summed E-state index contributed by atoms with van der Waals surface area (Å²) >= 11 is 0. The molecule has 0 aliphatic heterocycles. The molecule has 4 heteroatoms. The molecule has 10 heavy (non-hydrogen) atoms. The summed E-state index contributed by atoms with van der Waals surface area (Å²) in [6.45, 7) is 1.80. The van der Waals surface area contributed by atoms with Crippen LogP contribution in [0.4, 0.5) is 5.82 Å². The predicted molar refractivity (Wildman–Crippen MR) is 39.1 cm³/mol. The molecule has 1 aromatic rings. The number of nitrogen functional groups attached to an aromatic ring is 1. The van der Waals surface area contributed by atoms with Crippen LogP contribution in [0.15, 0.2) is 6.20 Å². The van der Waals surface area contributed by atoms with E-state index in [1.165, 1.54) is 0 Å². The molecule has 3 N–H and O–H groups in total. The van der Waals surface area contributed by atoms with Crippen LogP contribution in [-0.2, 0) is 0 Å². The fraction of sp³-hybridized carbons (Fsp3) is 0.167. The summed E-state index contributed by atoms with van der Waals surface area (Å²) in [6, 6.07) is 0. The highest BCUT2D eigenvalue weighted by Crippen LogP contribution is 2.00. The highest BCUT2D eigenvalue weighted by atomic mass is 14.9. The molecule has 52 valence electrons. The van der Waals surface area contributed by atoms with Gasteiger partial charge in [-0.15, -0.1) is 0 Å². The highest BCUT2D eigenvalue weighted by molar-refractivity contribution is 5.80. The van der Waals surface area contributed by atoms with Crippen molar-refractivity contribution in [3.8, 4) is 0 Å². The smallest absolute Gasteiger partial charge is 0.150 e. The molecular formula is C6H8N4. The van der Waals surface area contributed by atoms with Gasteiger partial charge in [-0.1, -0.05) is 0 Å². The first-order valence-corrected chi connectivity index (χ1v) is 2.83. The standard InChI is InChI=1S/C6H8N4/c1-4-3-9-6(8)5(2-7)10-4/h2-3,7H,1H3,(H2,8,9). The molecule has 0 amide bonds. The van der Waals surface area contributed by atoms with Gasteiger partial charge < -0.3 is 11.1 Å². The van der Waals surface area contributed by atoms with Gasteiger partial charge in [0.1, 0.15) is 5.69 Å². The minimum absolute atomic E-state index is 0.306. The Bertz CT molecular complexity index is 256. The molecule has 4 nitrogen and oxygen atoms in total. The van der Waals surface area contributed by atoms with Gasteiger partial charge in [0.2, 0.25) is 0 Å². The Morgan fingerprint density at radius 2 is 2.40 bits per heavy atom. The van der Waals surface area contributed by atoms with Gasteiger partial charge in [0.25, 0.3) is 0 Å². The largest absolute Gasteiger partial charge is 0.382 e. The number of aryl methyl sites for hydroxylation is 1. The summed E-state index contributed by atoms with van der Waals surface area (Å²) in [7, 11) is 0. The number of rotatable bonds is 1. The molecule has 0 bridgehead atoms. The van der Waals surface area contributed by atoms with Crippen LogP contribution in [0.1, 0.15) is 11.4 Å². The molecular weight excluding hydrogens is 128 g/mol. The molecule has 0 spiro atoms. The molecule has 0 aromatic carbocycles. The lowest BCUT2D eigenvalue weighted by Crippen LogP contribution is -2.00. The Morgan fingerprint density at radius 1 is 1.70 bits per heavy atom. The third-order valence-corrected chi connectivity index (χ3v) is 1.09. The topological polar surface area (TPSA) is 75.7 Å². The van der Waals surface area contributed by atoms with Crippen LogP contribution < -0.4 is 5.73 Å². The lowest BCUT2D eigenvalue weighted by molar-refractivity contribution is 1.11. The van der Waals surface area contributed by atoms with Gasteiger partial charge in [-0.3, -0.25) is 0 Å². The summed E-state index contributed by atoms with van der Waals surface area (Å²) in [4.78, 5) is 7.77. The first-order valence-electron chi connectivity index (χ1n) is 2.83. The summed E-state index contributed by atoms with van der Waals surface area (Å²) in [5.74, 6) is 0.306. The van der Waals surface area contributed by atoms with Gasteiger partial charge in [-0.2, -0.15) is 0 Å². The normalized spacial score (nSPS) is 9.30. The Kier molecular flexibility index (Phi) is 1.62. The molecule has 0 fully saturated rings. The second kappa shape index (κ2) is 2.43. The number of aromatic nitrogens is 2. The van der Waals surface area contributed by atoms with E-state index in [0.717, 1.165) is 11.9 Å². The van der Waals surface area contributed by atoms with Crippen LogP contribution in [0.5, 0.6) is 0 Å². The average Bonchev–Trinajstić information content (AvgIpc) is 1.94.